The van der Waals surface area contributed by atoms with Crippen molar-refractivity contribution in [2.45, 2.75) is 12.1 Å². The van der Waals surface area contributed by atoms with E-state index in [4.69, 9.17) is 4.74 Å². The molecule has 2 atom stereocenters. The van der Waals surface area contributed by atoms with E-state index in [0.29, 0.717) is 0 Å². The average molecular weight is 239 g/mol. The Hall–Kier alpha value is -2.29. The van der Waals surface area contributed by atoms with Crippen LogP contribution in [-0.4, -0.2) is 6.09 Å². The number of cyclic esters (lactones) is 1. The Morgan fingerprint density at radius 1 is 0.833 bits per heavy atom. The number of carbonyl (C=O) groups is 1. The fourth-order valence-corrected chi connectivity index (χ4v) is 2.24. The van der Waals surface area contributed by atoms with E-state index in [0.717, 1.165) is 11.1 Å². The van der Waals surface area contributed by atoms with Crippen LogP contribution in [0, 0.1) is 0 Å². The number of rotatable bonds is 2. The Labute approximate surface area is 105 Å². The summed E-state index contributed by atoms with van der Waals surface area (Å²) in [5.41, 5.74) is 2.06. The van der Waals surface area contributed by atoms with Crippen LogP contribution in [0.5, 0.6) is 0 Å². The van der Waals surface area contributed by atoms with Crippen LogP contribution in [0.4, 0.5) is 4.79 Å². The summed E-state index contributed by atoms with van der Waals surface area (Å²) in [5, 5.41) is 2.86. The van der Waals surface area contributed by atoms with Crippen molar-refractivity contribution in [1.82, 2.24) is 5.32 Å². The Morgan fingerprint density at radius 3 is 2.00 bits per heavy atom. The first-order valence-corrected chi connectivity index (χ1v) is 5.91. The molecule has 3 nitrogen and oxygen atoms in total. The highest BCUT2D eigenvalue weighted by molar-refractivity contribution is 5.71. The Morgan fingerprint density at radius 2 is 1.39 bits per heavy atom. The summed E-state index contributed by atoms with van der Waals surface area (Å²) < 4.78 is 5.36. The van der Waals surface area contributed by atoms with Crippen LogP contribution in [0.2, 0.25) is 0 Å². The number of benzene rings is 2. The molecule has 2 aromatic rings. The van der Waals surface area contributed by atoms with Gasteiger partial charge in [0.05, 0.1) is 6.04 Å². The van der Waals surface area contributed by atoms with Crippen LogP contribution >= 0.6 is 0 Å². The lowest BCUT2D eigenvalue weighted by Gasteiger charge is -2.17. The topological polar surface area (TPSA) is 38.3 Å². The number of nitrogens with one attached hydrogen (secondary N) is 1. The molecule has 18 heavy (non-hydrogen) atoms. The lowest BCUT2D eigenvalue weighted by molar-refractivity contribution is 0.132. The zero-order valence-corrected chi connectivity index (χ0v) is 9.74. The molecular weight excluding hydrogens is 226 g/mol. The molecule has 1 heterocycles. The van der Waals surface area contributed by atoms with Gasteiger partial charge in [0.25, 0.3) is 0 Å². The van der Waals surface area contributed by atoms with Crippen LogP contribution in [0.3, 0.4) is 0 Å². The molecule has 3 rings (SSSR count). The highest BCUT2D eigenvalue weighted by Gasteiger charge is 2.35. The summed E-state index contributed by atoms with van der Waals surface area (Å²) in [4.78, 5) is 11.5. The van der Waals surface area contributed by atoms with E-state index >= 15 is 0 Å². The van der Waals surface area contributed by atoms with Crippen molar-refractivity contribution in [1.29, 1.82) is 0 Å². The van der Waals surface area contributed by atoms with Gasteiger partial charge >= 0.3 is 6.09 Å². The molecule has 0 aliphatic carbocycles. The first kappa shape index (κ1) is 10.8. The molecule has 90 valence electrons. The summed E-state index contributed by atoms with van der Waals surface area (Å²) in [6.45, 7) is 0. The zero-order chi connectivity index (χ0) is 12.4. The number of ether oxygens (including phenoxy) is 1. The third kappa shape index (κ3) is 1.95. The van der Waals surface area contributed by atoms with E-state index < -0.39 is 0 Å². The van der Waals surface area contributed by atoms with Crippen LogP contribution in [-0.2, 0) is 4.74 Å². The Kier molecular flexibility index (Phi) is 2.73. The van der Waals surface area contributed by atoms with Gasteiger partial charge in [0.15, 0.2) is 6.10 Å². The number of hydrogen-bond donors (Lipinski definition) is 1. The van der Waals surface area contributed by atoms with Gasteiger partial charge in [-0.15, -0.1) is 0 Å². The van der Waals surface area contributed by atoms with E-state index in [1.165, 1.54) is 0 Å². The van der Waals surface area contributed by atoms with Crippen molar-refractivity contribution in [2.24, 2.45) is 0 Å². The van der Waals surface area contributed by atoms with Crippen molar-refractivity contribution in [2.75, 3.05) is 0 Å². The van der Waals surface area contributed by atoms with E-state index in [1.54, 1.807) is 0 Å². The van der Waals surface area contributed by atoms with E-state index in [-0.39, 0.29) is 18.2 Å². The minimum Gasteiger partial charge on any atom is -0.439 e. The molecule has 0 bridgehead atoms. The molecule has 1 aliphatic heterocycles. The van der Waals surface area contributed by atoms with Gasteiger partial charge < -0.3 is 10.1 Å². The second-order valence-electron chi connectivity index (χ2n) is 4.27. The molecule has 1 amide bonds. The molecule has 2 aromatic carbocycles. The first-order valence-electron chi connectivity index (χ1n) is 5.91. The summed E-state index contributed by atoms with van der Waals surface area (Å²) in [5.74, 6) is 0. The van der Waals surface area contributed by atoms with Gasteiger partial charge in [-0.3, -0.25) is 0 Å². The lowest BCUT2D eigenvalue weighted by atomic mass is 9.97. The molecule has 0 spiro atoms. The summed E-state index contributed by atoms with van der Waals surface area (Å²) in [6, 6.07) is 19.5. The highest BCUT2D eigenvalue weighted by Crippen LogP contribution is 2.36. The van der Waals surface area contributed by atoms with Gasteiger partial charge in [-0.25, -0.2) is 4.79 Å². The summed E-state index contributed by atoms with van der Waals surface area (Å²) in [6.07, 6.45) is -0.626. The van der Waals surface area contributed by atoms with Gasteiger partial charge in [0.1, 0.15) is 0 Å². The first-order chi connectivity index (χ1) is 8.84. The van der Waals surface area contributed by atoms with Crippen molar-refractivity contribution in [3.05, 3.63) is 71.8 Å². The quantitative estimate of drug-likeness (QED) is 0.873. The molecule has 1 fully saturated rings. The summed E-state index contributed by atoms with van der Waals surface area (Å²) >= 11 is 0. The average Bonchev–Trinajstić information content (AvgIpc) is 2.83. The number of alkyl carbamates (subject to hydrolysis) is 1. The molecule has 0 saturated carbocycles. The molecule has 1 aliphatic rings. The monoisotopic (exact) mass is 239 g/mol. The van der Waals surface area contributed by atoms with E-state index in [9.17, 15) is 4.79 Å². The van der Waals surface area contributed by atoms with Crippen molar-refractivity contribution < 1.29 is 9.53 Å². The second-order valence-corrected chi connectivity index (χ2v) is 4.27. The van der Waals surface area contributed by atoms with Gasteiger partial charge in [-0.05, 0) is 11.1 Å². The molecule has 0 unspecified atom stereocenters. The smallest absolute Gasteiger partial charge is 0.408 e. The molecule has 1 saturated heterocycles. The predicted molar refractivity (Wildman–Crippen MR) is 68.0 cm³/mol. The van der Waals surface area contributed by atoms with Gasteiger partial charge in [0, 0.05) is 0 Å². The largest absolute Gasteiger partial charge is 0.439 e. The van der Waals surface area contributed by atoms with E-state index in [1.807, 2.05) is 60.7 Å². The number of carbonyl (C=O) groups excluding carboxylic acids is 1. The van der Waals surface area contributed by atoms with Crippen LogP contribution in [0.15, 0.2) is 60.7 Å². The SMILES string of the molecule is O=C1N[C@H](c2ccccc2)[C@H](c2ccccc2)O1. The van der Waals surface area contributed by atoms with E-state index in [2.05, 4.69) is 5.32 Å². The minimum atomic E-state index is -0.363. The van der Waals surface area contributed by atoms with Crippen molar-refractivity contribution in [3.8, 4) is 0 Å². The van der Waals surface area contributed by atoms with Crippen LogP contribution in [0.1, 0.15) is 23.3 Å². The van der Waals surface area contributed by atoms with Crippen molar-refractivity contribution in [3.63, 3.8) is 0 Å². The number of amides is 1. The third-order valence-electron chi connectivity index (χ3n) is 3.10. The third-order valence-corrected chi connectivity index (χ3v) is 3.10. The van der Waals surface area contributed by atoms with Crippen molar-refractivity contribution >= 4 is 6.09 Å². The standard InChI is InChI=1S/C15H13NO2/c17-15-16-13(11-7-3-1-4-8-11)14(18-15)12-9-5-2-6-10-12/h1-10,13-14H,(H,16,17)/t13-,14+/m1/s1. The number of hydrogen-bond acceptors (Lipinski definition) is 2. The van der Waals surface area contributed by atoms with Crippen LogP contribution < -0.4 is 5.32 Å². The molecule has 0 radical (unpaired) electrons. The maximum atomic E-state index is 11.5. The maximum absolute atomic E-state index is 11.5. The maximum Gasteiger partial charge on any atom is 0.408 e. The van der Waals surface area contributed by atoms with Gasteiger partial charge in [0.2, 0.25) is 0 Å². The predicted octanol–water partition coefficient (Wildman–Crippen LogP) is 3.21. The fourth-order valence-electron chi connectivity index (χ4n) is 2.24. The Balaban J connectivity index is 1.96. The van der Waals surface area contributed by atoms with Gasteiger partial charge in [-0.1, -0.05) is 60.7 Å². The van der Waals surface area contributed by atoms with Crippen LogP contribution in [0.25, 0.3) is 0 Å². The lowest BCUT2D eigenvalue weighted by Crippen LogP contribution is -2.19. The summed E-state index contributed by atoms with van der Waals surface area (Å²) in [7, 11) is 0. The molecule has 3 heteroatoms. The Bertz CT molecular complexity index is 489. The fraction of sp³-hybridized carbons (Fsp3) is 0.133. The highest BCUT2D eigenvalue weighted by atomic mass is 16.6. The molecular formula is C15H13NO2. The second kappa shape index (κ2) is 4.53. The zero-order valence-electron chi connectivity index (χ0n) is 9.74. The normalized spacial score (nSPS) is 22.3. The molecule has 0 aromatic heterocycles. The van der Waals surface area contributed by atoms with Gasteiger partial charge in [-0.2, -0.15) is 0 Å². The minimum absolute atomic E-state index is 0.124. The molecule has 1 N–H and O–H groups in total.